The smallest absolute Gasteiger partial charge is 0.333 e. The van der Waals surface area contributed by atoms with E-state index in [1.54, 1.807) is 6.07 Å². The number of esters is 3. The highest BCUT2D eigenvalue weighted by Gasteiger charge is 2.25. The summed E-state index contributed by atoms with van der Waals surface area (Å²) in [5.74, 6) is -1.99. The predicted octanol–water partition coefficient (Wildman–Crippen LogP) is 0.310. The van der Waals surface area contributed by atoms with Crippen LogP contribution in [0.1, 0.15) is 48.6 Å². The van der Waals surface area contributed by atoms with Crippen LogP contribution in [0.3, 0.4) is 0 Å². The maximum atomic E-state index is 12.0. The molecular formula is C33H50N2O11. The van der Waals surface area contributed by atoms with Gasteiger partial charge in [-0.15, -0.1) is 0 Å². The van der Waals surface area contributed by atoms with E-state index >= 15 is 0 Å². The Morgan fingerprint density at radius 3 is 1.50 bits per heavy atom. The summed E-state index contributed by atoms with van der Waals surface area (Å²) in [6, 6.07) is 1.73. The van der Waals surface area contributed by atoms with E-state index in [0.717, 1.165) is 0 Å². The quantitative estimate of drug-likeness (QED) is 0.0568. The highest BCUT2D eigenvalue weighted by atomic mass is 16.6. The van der Waals surface area contributed by atoms with Gasteiger partial charge in [-0.25, -0.2) is 14.4 Å². The van der Waals surface area contributed by atoms with Crippen molar-refractivity contribution in [3.63, 3.8) is 0 Å². The largest absolute Gasteiger partial charge is 0.460 e. The molecule has 1 rings (SSSR count). The molecular weight excluding hydrogens is 600 g/mol. The number of nitrogens with two attached hydrogens (primary N) is 1. The third kappa shape index (κ3) is 14.3. The number of nitrogens with one attached hydrogen (secondary N) is 1. The number of methoxy groups -OCH3 is 1. The second-order valence-electron chi connectivity index (χ2n) is 11.3. The van der Waals surface area contributed by atoms with Gasteiger partial charge < -0.3 is 50.4 Å². The lowest BCUT2D eigenvalue weighted by Gasteiger charge is -2.26. The first-order valence-electron chi connectivity index (χ1n) is 14.9. The lowest BCUT2D eigenvalue weighted by molar-refractivity contribution is -0.142. The Bertz CT molecular complexity index is 1230. The third-order valence-electron chi connectivity index (χ3n) is 6.71. The van der Waals surface area contributed by atoms with Crippen LogP contribution in [0.15, 0.2) is 42.5 Å². The summed E-state index contributed by atoms with van der Waals surface area (Å²) in [5.41, 5.74) is 9.58. The van der Waals surface area contributed by atoms with E-state index in [9.17, 15) is 34.8 Å². The fourth-order valence-corrected chi connectivity index (χ4v) is 4.44. The fourth-order valence-electron chi connectivity index (χ4n) is 4.44. The molecule has 0 spiro atoms. The topological polar surface area (TPSA) is 207 Å². The van der Waals surface area contributed by atoms with E-state index < -0.39 is 42.3 Å². The van der Waals surface area contributed by atoms with Crippen molar-refractivity contribution in [2.75, 3.05) is 40.1 Å². The average molecular weight is 651 g/mol. The highest BCUT2D eigenvalue weighted by Crippen LogP contribution is 2.28. The van der Waals surface area contributed by atoms with Crippen molar-refractivity contribution in [3.8, 4) is 0 Å². The number of hydrogen-bond donors (Lipinski definition) is 6. The van der Waals surface area contributed by atoms with Crippen LogP contribution in [0.25, 0.3) is 0 Å². The van der Waals surface area contributed by atoms with Crippen molar-refractivity contribution >= 4 is 17.9 Å². The van der Waals surface area contributed by atoms with Gasteiger partial charge in [-0.05, 0) is 48.6 Å². The molecule has 0 amide bonds. The number of benzene rings is 1. The minimum absolute atomic E-state index is 0.000436. The van der Waals surface area contributed by atoms with E-state index in [1.807, 2.05) is 0 Å². The number of rotatable bonds is 22. The molecule has 13 heteroatoms. The Hall–Kier alpha value is -3.43. The second kappa shape index (κ2) is 20.6. The van der Waals surface area contributed by atoms with Crippen LogP contribution in [0, 0.1) is 0 Å². The van der Waals surface area contributed by atoms with Crippen molar-refractivity contribution in [2.24, 2.45) is 5.73 Å². The molecule has 13 nitrogen and oxygen atoms in total. The summed E-state index contributed by atoms with van der Waals surface area (Å²) < 4.78 is 20.4. The van der Waals surface area contributed by atoms with Crippen LogP contribution in [0.4, 0.5) is 0 Å². The van der Waals surface area contributed by atoms with Gasteiger partial charge in [0.05, 0.1) is 31.0 Å². The molecule has 7 N–H and O–H groups in total. The van der Waals surface area contributed by atoms with Gasteiger partial charge >= 0.3 is 17.9 Å². The maximum Gasteiger partial charge on any atom is 0.333 e. The van der Waals surface area contributed by atoms with E-state index in [2.05, 4.69) is 25.1 Å². The van der Waals surface area contributed by atoms with Crippen molar-refractivity contribution in [2.45, 2.75) is 77.5 Å². The van der Waals surface area contributed by atoms with Crippen molar-refractivity contribution in [3.05, 3.63) is 70.3 Å². The summed E-state index contributed by atoms with van der Waals surface area (Å²) in [7, 11) is 1.46. The molecule has 46 heavy (non-hydrogen) atoms. The lowest BCUT2D eigenvalue weighted by Crippen LogP contribution is -2.32. The van der Waals surface area contributed by atoms with Gasteiger partial charge in [0.15, 0.2) is 0 Å². The Balaban J connectivity index is 3.63. The summed E-state index contributed by atoms with van der Waals surface area (Å²) >= 11 is 0. The second-order valence-corrected chi connectivity index (χ2v) is 11.3. The molecule has 0 saturated heterocycles. The molecule has 4 atom stereocenters. The van der Waals surface area contributed by atoms with E-state index in [-0.39, 0.29) is 82.0 Å². The van der Waals surface area contributed by atoms with Crippen LogP contribution in [0.5, 0.6) is 0 Å². The minimum Gasteiger partial charge on any atom is -0.460 e. The van der Waals surface area contributed by atoms with Crippen LogP contribution in [-0.4, -0.2) is 103 Å². The number of ether oxygens (including phenoxy) is 4. The molecule has 1 aromatic carbocycles. The van der Waals surface area contributed by atoms with Crippen molar-refractivity contribution < 1.29 is 53.8 Å². The Labute approximate surface area is 270 Å². The van der Waals surface area contributed by atoms with Crippen LogP contribution < -0.4 is 11.1 Å². The summed E-state index contributed by atoms with van der Waals surface area (Å²) in [4.78, 5) is 35.8. The van der Waals surface area contributed by atoms with Gasteiger partial charge in [-0.1, -0.05) is 25.8 Å². The summed E-state index contributed by atoms with van der Waals surface area (Å²) in [6.45, 7) is 14.4. The molecule has 0 aliphatic rings. The Kier molecular flexibility index (Phi) is 18.2. The Morgan fingerprint density at radius 1 is 0.696 bits per heavy atom. The summed E-state index contributed by atoms with van der Waals surface area (Å²) in [5, 5.41) is 46.1. The lowest BCUT2D eigenvalue weighted by atomic mass is 9.84. The molecule has 0 radical (unpaired) electrons. The molecule has 1 aromatic rings. The van der Waals surface area contributed by atoms with Crippen LogP contribution in [-0.2, 0) is 65.7 Å². The molecule has 0 saturated carbocycles. The molecule has 0 heterocycles. The molecule has 0 fully saturated rings. The highest BCUT2D eigenvalue weighted by molar-refractivity contribution is 5.87. The summed E-state index contributed by atoms with van der Waals surface area (Å²) in [6.07, 6.45) is -4.36. The number of aliphatic hydroxyl groups excluding tert-OH is 4. The van der Waals surface area contributed by atoms with E-state index in [4.69, 9.17) is 24.7 Å². The van der Waals surface area contributed by atoms with Crippen LogP contribution >= 0.6 is 0 Å². The number of carbonyl (C=O) groups excluding carboxylic acids is 3. The monoisotopic (exact) mass is 650 g/mol. The van der Waals surface area contributed by atoms with Gasteiger partial charge in [-0.2, -0.15) is 0 Å². The first-order valence-corrected chi connectivity index (χ1v) is 14.9. The Morgan fingerprint density at radius 2 is 1.11 bits per heavy atom. The number of carbonyl (C=O) groups is 3. The third-order valence-corrected chi connectivity index (χ3v) is 6.71. The zero-order chi connectivity index (χ0) is 35.0. The normalized spacial score (nSPS) is 13.7. The molecule has 0 aliphatic heterocycles. The van der Waals surface area contributed by atoms with Gasteiger partial charge in [0.2, 0.25) is 0 Å². The maximum absolute atomic E-state index is 12.0. The van der Waals surface area contributed by atoms with Gasteiger partial charge in [0.25, 0.3) is 0 Å². The number of aliphatic hydroxyl groups is 4. The van der Waals surface area contributed by atoms with Crippen molar-refractivity contribution in [1.29, 1.82) is 0 Å². The van der Waals surface area contributed by atoms with Crippen LogP contribution in [0.2, 0.25) is 0 Å². The van der Waals surface area contributed by atoms with E-state index in [0.29, 0.717) is 27.8 Å². The standard InChI is InChI=1S/C33H50N2O11/c1-19(2)31(40)44-16-24(36)9-22-8-23(12-34)29(11-26(38)18-46-33(42)21(5)6)30(14-35-13-27(39)15-43-7)28(22)10-25(37)17-45-32(41)20(3)4/h8,24-27,35-39H,1,3,5,9-18,34H2,2,4,6-7H3. The van der Waals surface area contributed by atoms with Crippen molar-refractivity contribution in [1.82, 2.24) is 5.32 Å². The first kappa shape index (κ1) is 40.6. The molecule has 258 valence electrons. The molecule has 0 bridgehead atoms. The zero-order valence-electron chi connectivity index (χ0n) is 27.3. The molecule has 0 aromatic heterocycles. The fraction of sp³-hybridized carbons (Fsp3) is 0.545. The molecule has 0 aliphatic carbocycles. The average Bonchev–Trinajstić information content (AvgIpc) is 2.99. The SMILES string of the molecule is C=C(C)C(=O)OCC(O)Cc1cc(CN)c(CC(O)COC(=O)C(=C)C)c(CNCC(O)COC)c1CC(O)COC(=O)C(=C)C. The van der Waals surface area contributed by atoms with Gasteiger partial charge in [0.1, 0.15) is 19.8 Å². The van der Waals surface area contributed by atoms with Gasteiger partial charge in [0, 0.05) is 62.7 Å². The predicted molar refractivity (Wildman–Crippen MR) is 170 cm³/mol. The first-order chi connectivity index (χ1) is 21.6. The minimum atomic E-state index is -1.18. The van der Waals surface area contributed by atoms with E-state index in [1.165, 1.54) is 27.9 Å². The molecule has 4 unspecified atom stereocenters. The zero-order valence-corrected chi connectivity index (χ0v) is 27.3. The van der Waals surface area contributed by atoms with Gasteiger partial charge in [-0.3, -0.25) is 0 Å². The number of hydrogen-bond acceptors (Lipinski definition) is 13.